The molecule has 0 aliphatic carbocycles. The second-order valence-corrected chi connectivity index (χ2v) is 3.49. The van der Waals surface area contributed by atoms with Crippen LogP contribution in [0.2, 0.25) is 0 Å². The van der Waals surface area contributed by atoms with Crippen LogP contribution < -0.4 is 5.32 Å². The number of hydrogen-bond donors (Lipinski definition) is 1. The molecule has 0 atom stereocenters. The first kappa shape index (κ1) is 11.3. The third kappa shape index (κ3) is 2.87. The Morgan fingerprint density at radius 2 is 2.18 bits per heavy atom. The molecular formula is C11H13N5O. The first-order valence-corrected chi connectivity index (χ1v) is 5.38. The van der Waals surface area contributed by atoms with Gasteiger partial charge in [-0.3, -0.25) is 9.78 Å². The molecule has 0 saturated carbocycles. The van der Waals surface area contributed by atoms with E-state index in [1.54, 1.807) is 23.3 Å². The summed E-state index contributed by atoms with van der Waals surface area (Å²) in [5, 5.41) is 10.7. The predicted octanol–water partition coefficient (Wildman–Crippen LogP) is 0.688. The fraction of sp³-hybridized carbons (Fsp3) is 0.273. The number of nitrogens with zero attached hydrogens (tertiary/aromatic N) is 4. The molecule has 1 amide bonds. The highest BCUT2D eigenvalue weighted by atomic mass is 16.1. The maximum atomic E-state index is 11.1. The average molecular weight is 231 g/mol. The SMILES string of the molecule is CCC(=O)NCc1cn(-c2ccncc2)nn1. The van der Waals surface area contributed by atoms with Gasteiger partial charge in [0.25, 0.3) is 0 Å². The van der Waals surface area contributed by atoms with Gasteiger partial charge < -0.3 is 5.32 Å². The second-order valence-electron chi connectivity index (χ2n) is 3.49. The molecule has 0 bridgehead atoms. The summed E-state index contributed by atoms with van der Waals surface area (Å²) in [6.45, 7) is 2.21. The zero-order chi connectivity index (χ0) is 12.1. The standard InChI is InChI=1S/C11H13N5O/c1-2-11(17)13-7-9-8-16(15-14-9)10-3-5-12-6-4-10/h3-6,8H,2,7H2,1H3,(H,13,17). The van der Waals surface area contributed by atoms with Crippen LogP contribution in [0.25, 0.3) is 5.69 Å². The van der Waals surface area contributed by atoms with Crippen molar-refractivity contribution >= 4 is 5.91 Å². The van der Waals surface area contributed by atoms with Crippen LogP contribution in [-0.4, -0.2) is 25.9 Å². The van der Waals surface area contributed by atoms with Crippen LogP contribution in [0.3, 0.4) is 0 Å². The highest BCUT2D eigenvalue weighted by Gasteiger charge is 2.03. The molecular weight excluding hydrogens is 218 g/mol. The molecule has 2 aromatic heterocycles. The van der Waals surface area contributed by atoms with Crippen LogP contribution in [0.5, 0.6) is 0 Å². The molecule has 17 heavy (non-hydrogen) atoms. The van der Waals surface area contributed by atoms with E-state index >= 15 is 0 Å². The van der Waals surface area contributed by atoms with Crippen molar-refractivity contribution in [1.82, 2.24) is 25.3 Å². The lowest BCUT2D eigenvalue weighted by Crippen LogP contribution is -2.21. The third-order valence-corrected chi connectivity index (χ3v) is 2.26. The van der Waals surface area contributed by atoms with Gasteiger partial charge in [0.1, 0.15) is 5.69 Å². The lowest BCUT2D eigenvalue weighted by molar-refractivity contribution is -0.120. The van der Waals surface area contributed by atoms with Crippen molar-refractivity contribution in [3.05, 3.63) is 36.4 Å². The summed E-state index contributed by atoms with van der Waals surface area (Å²) >= 11 is 0. The van der Waals surface area contributed by atoms with E-state index in [2.05, 4.69) is 20.6 Å². The summed E-state index contributed by atoms with van der Waals surface area (Å²) in [5.41, 5.74) is 1.61. The van der Waals surface area contributed by atoms with Crippen molar-refractivity contribution in [3.63, 3.8) is 0 Å². The number of amides is 1. The van der Waals surface area contributed by atoms with Crippen molar-refractivity contribution in [2.24, 2.45) is 0 Å². The van der Waals surface area contributed by atoms with Crippen molar-refractivity contribution < 1.29 is 4.79 Å². The van der Waals surface area contributed by atoms with Gasteiger partial charge in [0.05, 0.1) is 18.4 Å². The topological polar surface area (TPSA) is 72.7 Å². The van der Waals surface area contributed by atoms with Gasteiger partial charge in [0.2, 0.25) is 5.91 Å². The molecule has 1 N–H and O–H groups in total. The Hall–Kier alpha value is -2.24. The monoisotopic (exact) mass is 231 g/mol. The fourth-order valence-corrected chi connectivity index (χ4v) is 1.32. The number of nitrogens with one attached hydrogen (secondary N) is 1. The van der Waals surface area contributed by atoms with Gasteiger partial charge >= 0.3 is 0 Å². The average Bonchev–Trinajstić information content (AvgIpc) is 2.86. The maximum Gasteiger partial charge on any atom is 0.220 e. The van der Waals surface area contributed by atoms with E-state index in [1.165, 1.54) is 0 Å². The predicted molar refractivity (Wildman–Crippen MR) is 61.3 cm³/mol. The Kier molecular flexibility index (Phi) is 3.44. The smallest absolute Gasteiger partial charge is 0.220 e. The van der Waals surface area contributed by atoms with E-state index in [0.29, 0.717) is 13.0 Å². The maximum absolute atomic E-state index is 11.1. The Balaban J connectivity index is 2.04. The Bertz CT molecular complexity index is 494. The molecule has 0 fully saturated rings. The molecule has 0 saturated heterocycles. The van der Waals surface area contributed by atoms with Gasteiger partial charge in [-0.1, -0.05) is 12.1 Å². The van der Waals surface area contributed by atoms with E-state index in [-0.39, 0.29) is 5.91 Å². The molecule has 88 valence electrons. The van der Waals surface area contributed by atoms with Crippen molar-refractivity contribution in [2.45, 2.75) is 19.9 Å². The third-order valence-electron chi connectivity index (χ3n) is 2.26. The van der Waals surface area contributed by atoms with Crippen LogP contribution in [0.15, 0.2) is 30.7 Å². The molecule has 0 radical (unpaired) electrons. The number of aromatic nitrogens is 4. The number of hydrogen-bond acceptors (Lipinski definition) is 4. The van der Waals surface area contributed by atoms with Gasteiger partial charge in [0, 0.05) is 18.8 Å². The minimum absolute atomic E-state index is 0.00320. The second kappa shape index (κ2) is 5.20. The van der Waals surface area contributed by atoms with Crippen LogP contribution in [0.4, 0.5) is 0 Å². The first-order valence-electron chi connectivity index (χ1n) is 5.38. The molecule has 6 heteroatoms. The quantitative estimate of drug-likeness (QED) is 0.840. The van der Waals surface area contributed by atoms with Gasteiger partial charge in [-0.25, -0.2) is 4.68 Å². The number of carbonyl (C=O) groups is 1. The van der Waals surface area contributed by atoms with E-state index in [0.717, 1.165) is 11.4 Å². The Labute approximate surface area is 98.7 Å². The van der Waals surface area contributed by atoms with Gasteiger partial charge in [-0.05, 0) is 12.1 Å². The van der Waals surface area contributed by atoms with E-state index < -0.39 is 0 Å². The normalized spacial score (nSPS) is 10.2. The van der Waals surface area contributed by atoms with Crippen LogP contribution in [0.1, 0.15) is 19.0 Å². The summed E-state index contributed by atoms with van der Waals surface area (Å²) in [5.74, 6) is 0.00320. The fourth-order valence-electron chi connectivity index (χ4n) is 1.32. The highest BCUT2D eigenvalue weighted by molar-refractivity contribution is 5.75. The zero-order valence-electron chi connectivity index (χ0n) is 9.50. The highest BCUT2D eigenvalue weighted by Crippen LogP contribution is 2.04. The van der Waals surface area contributed by atoms with Crippen molar-refractivity contribution in [2.75, 3.05) is 0 Å². The van der Waals surface area contributed by atoms with Crippen LogP contribution >= 0.6 is 0 Å². The van der Waals surface area contributed by atoms with E-state index in [4.69, 9.17) is 0 Å². The molecule has 2 aromatic rings. The molecule has 0 spiro atoms. The summed E-state index contributed by atoms with van der Waals surface area (Å²) in [6, 6.07) is 3.67. The summed E-state index contributed by atoms with van der Waals surface area (Å²) in [4.78, 5) is 15.0. The summed E-state index contributed by atoms with van der Waals surface area (Å²) < 4.78 is 1.65. The molecule has 0 aromatic carbocycles. The lowest BCUT2D eigenvalue weighted by Gasteiger charge is -1.99. The van der Waals surface area contributed by atoms with Gasteiger partial charge in [-0.2, -0.15) is 0 Å². The lowest BCUT2D eigenvalue weighted by atomic mass is 10.4. The molecule has 2 rings (SSSR count). The largest absolute Gasteiger partial charge is 0.350 e. The minimum Gasteiger partial charge on any atom is -0.350 e. The Morgan fingerprint density at radius 3 is 2.88 bits per heavy atom. The number of rotatable bonds is 4. The number of carbonyl (C=O) groups excluding carboxylic acids is 1. The summed E-state index contributed by atoms with van der Waals surface area (Å²) in [7, 11) is 0. The number of pyridine rings is 1. The minimum atomic E-state index is 0.00320. The molecule has 6 nitrogen and oxygen atoms in total. The van der Waals surface area contributed by atoms with E-state index in [1.807, 2.05) is 19.1 Å². The molecule has 2 heterocycles. The van der Waals surface area contributed by atoms with E-state index in [9.17, 15) is 4.79 Å². The molecule has 0 aliphatic heterocycles. The van der Waals surface area contributed by atoms with Crippen LogP contribution in [-0.2, 0) is 11.3 Å². The van der Waals surface area contributed by atoms with Gasteiger partial charge in [0.15, 0.2) is 0 Å². The summed E-state index contributed by atoms with van der Waals surface area (Å²) in [6.07, 6.45) is 5.63. The van der Waals surface area contributed by atoms with Crippen molar-refractivity contribution in [3.8, 4) is 5.69 Å². The first-order chi connectivity index (χ1) is 8.29. The van der Waals surface area contributed by atoms with Crippen LogP contribution in [0, 0.1) is 0 Å². The van der Waals surface area contributed by atoms with Gasteiger partial charge in [-0.15, -0.1) is 5.10 Å². The van der Waals surface area contributed by atoms with Crippen molar-refractivity contribution in [1.29, 1.82) is 0 Å². The molecule has 0 aliphatic rings. The Morgan fingerprint density at radius 1 is 1.41 bits per heavy atom. The zero-order valence-corrected chi connectivity index (χ0v) is 9.50. The molecule has 0 unspecified atom stereocenters.